The largest absolute Gasteiger partial charge is 0.419 e. The van der Waals surface area contributed by atoms with E-state index in [1.54, 1.807) is 43.0 Å². The molecule has 4 aromatic rings. The number of hydrogen-bond donors (Lipinski definition) is 1. The van der Waals surface area contributed by atoms with Crippen LogP contribution in [0.5, 0.6) is 0 Å². The Morgan fingerprint density at radius 3 is 2.52 bits per heavy atom. The van der Waals surface area contributed by atoms with Gasteiger partial charge in [0.1, 0.15) is 0 Å². The summed E-state index contributed by atoms with van der Waals surface area (Å²) in [5, 5.41) is 4.31. The third-order valence-electron chi connectivity index (χ3n) is 4.48. The zero-order chi connectivity index (χ0) is 20.8. The van der Waals surface area contributed by atoms with Crippen LogP contribution in [-0.4, -0.2) is 24.1 Å². The van der Waals surface area contributed by atoms with E-state index >= 15 is 0 Å². The van der Waals surface area contributed by atoms with Crippen LogP contribution < -0.4 is 10.3 Å². The number of benzene rings is 1. The topological polar surface area (TPSA) is 69.7 Å². The first-order valence-corrected chi connectivity index (χ1v) is 9.23. The van der Waals surface area contributed by atoms with E-state index in [0.717, 1.165) is 33.2 Å². The number of alkyl halides is 3. The Balaban J connectivity index is 1.53. The summed E-state index contributed by atoms with van der Waals surface area (Å²) in [6, 6.07) is 8.72. The van der Waals surface area contributed by atoms with Gasteiger partial charge in [0.2, 0.25) is 0 Å². The lowest BCUT2D eigenvalue weighted by atomic mass is 10.2. The zero-order valence-corrected chi connectivity index (χ0v) is 16.1. The van der Waals surface area contributed by atoms with Crippen molar-refractivity contribution >= 4 is 28.5 Å². The number of fused-ring (bicyclic) bond motifs is 1. The Hall–Kier alpha value is -3.21. The van der Waals surface area contributed by atoms with Gasteiger partial charge in [-0.15, -0.1) is 0 Å². The number of aromatic nitrogens is 5. The highest BCUT2D eigenvalue weighted by molar-refractivity contribution is 8.00. The predicted molar refractivity (Wildman–Crippen MR) is 104 cm³/mol. The number of pyridine rings is 1. The summed E-state index contributed by atoms with van der Waals surface area (Å²) in [5.41, 5.74) is 0.618. The Kier molecular flexibility index (Phi) is 4.61. The van der Waals surface area contributed by atoms with Gasteiger partial charge in [0.15, 0.2) is 5.82 Å². The van der Waals surface area contributed by atoms with Crippen molar-refractivity contribution in [2.75, 3.05) is 4.72 Å². The van der Waals surface area contributed by atoms with E-state index in [1.807, 2.05) is 6.07 Å². The van der Waals surface area contributed by atoms with Gasteiger partial charge in [-0.1, -0.05) is 6.07 Å². The average Bonchev–Trinajstić information content (AvgIpc) is 3.28. The molecule has 0 saturated carbocycles. The molecule has 0 radical (unpaired) electrons. The van der Waals surface area contributed by atoms with E-state index in [0.29, 0.717) is 5.39 Å². The molecule has 29 heavy (non-hydrogen) atoms. The van der Waals surface area contributed by atoms with Crippen LogP contribution in [-0.2, 0) is 20.3 Å². The summed E-state index contributed by atoms with van der Waals surface area (Å²) in [4.78, 5) is 17.1. The van der Waals surface area contributed by atoms with Crippen molar-refractivity contribution in [3.8, 4) is 5.82 Å². The molecule has 0 bridgehead atoms. The van der Waals surface area contributed by atoms with Crippen LogP contribution in [0.15, 0.2) is 58.6 Å². The van der Waals surface area contributed by atoms with Gasteiger partial charge in [-0.2, -0.15) is 18.3 Å². The van der Waals surface area contributed by atoms with E-state index in [2.05, 4.69) is 14.8 Å². The van der Waals surface area contributed by atoms with Crippen LogP contribution in [0.25, 0.3) is 16.7 Å². The molecule has 0 saturated heterocycles. The first-order chi connectivity index (χ1) is 13.8. The summed E-state index contributed by atoms with van der Waals surface area (Å²) in [5.74, 6) is 0.275. The molecule has 0 atom stereocenters. The lowest BCUT2D eigenvalue weighted by Crippen LogP contribution is -2.16. The molecule has 0 aliphatic carbocycles. The van der Waals surface area contributed by atoms with Gasteiger partial charge >= 0.3 is 6.18 Å². The third kappa shape index (κ3) is 3.48. The lowest BCUT2D eigenvalue weighted by Gasteiger charge is -2.09. The highest BCUT2D eigenvalue weighted by Crippen LogP contribution is 2.29. The molecule has 0 aliphatic heterocycles. The molecule has 0 spiro atoms. The Labute approximate surface area is 166 Å². The van der Waals surface area contributed by atoms with Crippen molar-refractivity contribution in [2.45, 2.75) is 11.1 Å². The van der Waals surface area contributed by atoms with Gasteiger partial charge in [-0.25, -0.2) is 9.67 Å². The first kappa shape index (κ1) is 19.1. The fraction of sp³-hybridized carbons (Fsp3) is 0.167. The monoisotopic (exact) mass is 420 g/mol. The van der Waals surface area contributed by atoms with Gasteiger partial charge in [0, 0.05) is 31.4 Å². The molecule has 0 unspecified atom stereocenters. The van der Waals surface area contributed by atoms with Crippen molar-refractivity contribution in [3.63, 3.8) is 0 Å². The van der Waals surface area contributed by atoms with Crippen molar-refractivity contribution in [1.82, 2.24) is 24.1 Å². The molecule has 3 aromatic heterocycles. The second-order valence-corrected chi connectivity index (χ2v) is 7.16. The van der Waals surface area contributed by atoms with Crippen molar-refractivity contribution in [3.05, 3.63) is 64.8 Å². The number of halogens is 3. The minimum atomic E-state index is -4.45. The minimum Gasteiger partial charge on any atom is -0.324 e. The SMILES string of the molecule is Cn1c(=O)c2cccc(NSc3ccc(-n4cc(C(F)(F)F)cn4)nc3)c2n1C. The molecular weight excluding hydrogens is 405 g/mol. The maximum Gasteiger partial charge on any atom is 0.419 e. The fourth-order valence-electron chi connectivity index (χ4n) is 2.88. The summed E-state index contributed by atoms with van der Waals surface area (Å²) >= 11 is 1.28. The van der Waals surface area contributed by atoms with Crippen LogP contribution in [0.1, 0.15) is 5.56 Å². The van der Waals surface area contributed by atoms with E-state index in [9.17, 15) is 18.0 Å². The van der Waals surface area contributed by atoms with Gasteiger partial charge in [-0.05, 0) is 36.2 Å². The lowest BCUT2D eigenvalue weighted by molar-refractivity contribution is -0.137. The summed E-state index contributed by atoms with van der Waals surface area (Å²) in [6.45, 7) is 0. The van der Waals surface area contributed by atoms with Gasteiger partial charge in [-0.3, -0.25) is 14.2 Å². The molecule has 1 N–H and O–H groups in total. The van der Waals surface area contributed by atoms with Crippen LogP contribution in [0.4, 0.5) is 18.9 Å². The number of anilines is 1. The minimum absolute atomic E-state index is 0.0837. The highest BCUT2D eigenvalue weighted by Gasteiger charge is 2.32. The standard InChI is InChI=1S/C18H15F3N6OS/c1-25-16-13(17(28)26(25)2)4-3-5-14(16)24-29-12-6-7-15(22-9-12)27-10-11(8-23-27)18(19,20)21/h3-10,24H,1-2H3. The number of nitrogens with zero attached hydrogens (tertiary/aromatic N) is 5. The molecule has 0 amide bonds. The van der Waals surface area contributed by atoms with E-state index < -0.39 is 11.7 Å². The highest BCUT2D eigenvalue weighted by atomic mass is 32.2. The van der Waals surface area contributed by atoms with E-state index in [1.165, 1.54) is 22.8 Å². The number of para-hydroxylation sites is 1. The van der Waals surface area contributed by atoms with Crippen LogP contribution in [0, 0.1) is 0 Å². The van der Waals surface area contributed by atoms with Gasteiger partial charge < -0.3 is 4.72 Å². The summed E-state index contributed by atoms with van der Waals surface area (Å²) in [7, 11) is 3.50. The van der Waals surface area contributed by atoms with E-state index in [-0.39, 0.29) is 11.4 Å². The molecule has 1 aromatic carbocycles. The fourth-order valence-corrected chi connectivity index (χ4v) is 3.52. The molecule has 0 fully saturated rings. The van der Waals surface area contributed by atoms with Crippen LogP contribution >= 0.6 is 11.9 Å². The summed E-state index contributed by atoms with van der Waals surface area (Å²) < 4.78 is 45.7. The molecule has 0 aliphatic rings. The molecule has 3 heterocycles. The molecule has 150 valence electrons. The molecule has 7 nitrogen and oxygen atoms in total. The smallest absolute Gasteiger partial charge is 0.324 e. The Bertz CT molecular complexity index is 1240. The molecule has 11 heteroatoms. The molecular formula is C18H15F3N6OS. The normalized spacial score (nSPS) is 11.9. The van der Waals surface area contributed by atoms with Crippen molar-refractivity contribution < 1.29 is 13.2 Å². The van der Waals surface area contributed by atoms with Crippen molar-refractivity contribution in [2.24, 2.45) is 14.1 Å². The number of nitrogens with one attached hydrogen (secondary N) is 1. The first-order valence-electron chi connectivity index (χ1n) is 8.41. The average molecular weight is 420 g/mol. The quantitative estimate of drug-likeness (QED) is 0.511. The van der Waals surface area contributed by atoms with Gasteiger partial charge in [0.25, 0.3) is 5.56 Å². The number of aryl methyl sites for hydroxylation is 1. The Morgan fingerprint density at radius 2 is 1.86 bits per heavy atom. The number of hydrogen-bond acceptors (Lipinski definition) is 5. The zero-order valence-electron chi connectivity index (χ0n) is 15.3. The predicted octanol–water partition coefficient (Wildman–Crippen LogP) is 3.60. The summed E-state index contributed by atoms with van der Waals surface area (Å²) in [6.07, 6.45) is -1.26. The van der Waals surface area contributed by atoms with Crippen LogP contribution in [0.2, 0.25) is 0 Å². The second kappa shape index (κ2) is 6.99. The maximum atomic E-state index is 12.7. The van der Waals surface area contributed by atoms with Crippen LogP contribution in [0.3, 0.4) is 0 Å². The maximum absolute atomic E-state index is 12.7. The molecule has 4 rings (SSSR count). The second-order valence-electron chi connectivity index (χ2n) is 6.28. The van der Waals surface area contributed by atoms with Crippen molar-refractivity contribution in [1.29, 1.82) is 0 Å². The van der Waals surface area contributed by atoms with E-state index in [4.69, 9.17) is 0 Å². The third-order valence-corrected chi connectivity index (χ3v) is 5.28. The van der Waals surface area contributed by atoms with Gasteiger partial charge in [0.05, 0.1) is 28.4 Å². The number of rotatable bonds is 4. The Morgan fingerprint density at radius 1 is 1.07 bits per heavy atom.